The molecule has 1 fully saturated rings. The maximum absolute atomic E-state index is 11.8. The molecule has 1 aromatic carbocycles. The van der Waals surface area contributed by atoms with E-state index in [1.54, 1.807) is 23.1 Å². The molecule has 2 atom stereocenters. The number of carbonyl (C=O) groups excluding carboxylic acids is 1. The highest BCUT2D eigenvalue weighted by molar-refractivity contribution is 9.10. The van der Waals surface area contributed by atoms with E-state index in [-0.39, 0.29) is 12.5 Å². The maximum Gasteiger partial charge on any atom is 0.238 e. The van der Waals surface area contributed by atoms with E-state index in [2.05, 4.69) is 21.2 Å². The van der Waals surface area contributed by atoms with E-state index >= 15 is 0 Å². The Labute approximate surface area is 124 Å². The third-order valence-corrected chi connectivity index (χ3v) is 3.71. The summed E-state index contributed by atoms with van der Waals surface area (Å²) in [6, 6.07) is 5.18. The van der Waals surface area contributed by atoms with Gasteiger partial charge >= 0.3 is 0 Å². The van der Waals surface area contributed by atoms with Gasteiger partial charge in [0.25, 0.3) is 0 Å². The van der Waals surface area contributed by atoms with Gasteiger partial charge in [-0.15, -0.1) is 0 Å². The van der Waals surface area contributed by atoms with Crippen molar-refractivity contribution < 1.29 is 15.0 Å². The van der Waals surface area contributed by atoms with Crippen molar-refractivity contribution in [3.8, 4) is 0 Å². The fourth-order valence-electron chi connectivity index (χ4n) is 1.96. The van der Waals surface area contributed by atoms with Crippen molar-refractivity contribution in [1.29, 1.82) is 0 Å². The average Bonchev–Trinajstić information content (AvgIpc) is 2.62. The number of benzene rings is 1. The zero-order valence-electron chi connectivity index (χ0n) is 10.0. The number of anilines is 1. The second-order valence-electron chi connectivity index (χ2n) is 4.50. The Bertz CT molecular complexity index is 476. The fourth-order valence-corrected chi connectivity index (χ4v) is 2.68. The number of likely N-dealkylation sites (tertiary alicyclic amines) is 1. The molecule has 1 aromatic rings. The third-order valence-electron chi connectivity index (χ3n) is 2.91. The number of nitrogens with zero attached hydrogens (tertiary/aromatic N) is 1. The van der Waals surface area contributed by atoms with E-state index in [0.717, 1.165) is 4.47 Å². The zero-order chi connectivity index (χ0) is 14.0. The lowest BCUT2D eigenvalue weighted by Gasteiger charge is -2.14. The minimum Gasteiger partial charge on any atom is -0.389 e. The Morgan fingerprint density at radius 2 is 2.05 bits per heavy atom. The van der Waals surface area contributed by atoms with Crippen molar-refractivity contribution in [3.63, 3.8) is 0 Å². The number of aliphatic hydroxyl groups is 2. The van der Waals surface area contributed by atoms with Crippen LogP contribution in [0, 0.1) is 0 Å². The van der Waals surface area contributed by atoms with E-state index in [4.69, 9.17) is 11.6 Å². The minimum absolute atomic E-state index is 0.112. The van der Waals surface area contributed by atoms with Crippen molar-refractivity contribution in [2.45, 2.75) is 12.2 Å². The molecule has 1 aliphatic rings. The molecule has 7 heteroatoms. The van der Waals surface area contributed by atoms with Gasteiger partial charge < -0.3 is 15.5 Å². The predicted molar refractivity (Wildman–Crippen MR) is 76.2 cm³/mol. The molecule has 0 saturated carbocycles. The standard InChI is InChI=1S/C12H14BrClN2O3/c13-7-1-2-9(8(14)3-7)15-12(19)6-16-4-10(17)11(18)5-16/h1-3,10-11,17-18H,4-6H2,(H,15,19)/t10-,11+. The van der Waals surface area contributed by atoms with Gasteiger partial charge in [0.2, 0.25) is 5.91 Å². The largest absolute Gasteiger partial charge is 0.389 e. The van der Waals surface area contributed by atoms with Gasteiger partial charge in [0.15, 0.2) is 0 Å². The molecule has 0 spiro atoms. The molecule has 1 heterocycles. The summed E-state index contributed by atoms with van der Waals surface area (Å²) in [5.41, 5.74) is 0.537. The molecule has 1 aliphatic heterocycles. The number of β-amino-alcohol motifs (C(OH)–C–C–N with tert-alkyl or cyclic N) is 2. The second-order valence-corrected chi connectivity index (χ2v) is 5.82. The lowest BCUT2D eigenvalue weighted by atomic mass is 10.3. The van der Waals surface area contributed by atoms with Crippen LogP contribution in [0.1, 0.15) is 0 Å². The summed E-state index contributed by atoms with van der Waals surface area (Å²) in [6.07, 6.45) is -1.58. The zero-order valence-corrected chi connectivity index (χ0v) is 12.4. The summed E-state index contributed by atoms with van der Waals surface area (Å²) in [7, 11) is 0. The Hall–Kier alpha value is -0.660. The second kappa shape index (κ2) is 6.19. The number of nitrogens with one attached hydrogen (secondary N) is 1. The summed E-state index contributed by atoms with van der Waals surface area (Å²) in [4.78, 5) is 13.5. The van der Waals surface area contributed by atoms with E-state index < -0.39 is 12.2 Å². The Kier molecular flexibility index (Phi) is 4.81. The number of hydrogen-bond donors (Lipinski definition) is 3. The van der Waals surface area contributed by atoms with Crippen LogP contribution >= 0.6 is 27.5 Å². The number of rotatable bonds is 3. The molecule has 0 unspecified atom stereocenters. The van der Waals surface area contributed by atoms with Crippen LogP contribution in [-0.4, -0.2) is 52.9 Å². The van der Waals surface area contributed by atoms with Crippen molar-refractivity contribution in [2.24, 2.45) is 0 Å². The first-order valence-electron chi connectivity index (χ1n) is 5.79. The van der Waals surface area contributed by atoms with Crippen LogP contribution in [0.5, 0.6) is 0 Å². The van der Waals surface area contributed by atoms with Gasteiger partial charge in [-0.3, -0.25) is 9.69 Å². The summed E-state index contributed by atoms with van der Waals surface area (Å²) in [6.45, 7) is 0.700. The summed E-state index contributed by atoms with van der Waals surface area (Å²) < 4.78 is 0.835. The summed E-state index contributed by atoms with van der Waals surface area (Å²) in [5, 5.41) is 21.9. The smallest absolute Gasteiger partial charge is 0.238 e. The summed E-state index contributed by atoms with van der Waals surface area (Å²) in [5.74, 6) is -0.231. The number of halogens is 2. The van der Waals surface area contributed by atoms with Gasteiger partial charge in [-0.1, -0.05) is 27.5 Å². The number of amides is 1. The van der Waals surface area contributed by atoms with Gasteiger partial charge in [0.1, 0.15) is 0 Å². The highest BCUT2D eigenvalue weighted by Gasteiger charge is 2.30. The first kappa shape index (κ1) is 14.7. The topological polar surface area (TPSA) is 72.8 Å². The first-order chi connectivity index (χ1) is 8.95. The first-order valence-corrected chi connectivity index (χ1v) is 6.96. The van der Waals surface area contributed by atoms with E-state index in [9.17, 15) is 15.0 Å². The highest BCUT2D eigenvalue weighted by Crippen LogP contribution is 2.25. The molecule has 1 amide bonds. The van der Waals surface area contributed by atoms with Crippen molar-refractivity contribution >= 4 is 39.1 Å². The molecule has 0 aliphatic carbocycles. The third kappa shape index (κ3) is 3.90. The Morgan fingerprint density at radius 1 is 1.42 bits per heavy atom. The lowest BCUT2D eigenvalue weighted by molar-refractivity contribution is -0.117. The van der Waals surface area contributed by atoms with E-state index in [0.29, 0.717) is 23.8 Å². The normalized spacial score (nSPS) is 23.6. The monoisotopic (exact) mass is 348 g/mol. The molecule has 1 saturated heterocycles. The van der Waals surface area contributed by atoms with Crippen molar-refractivity contribution in [3.05, 3.63) is 27.7 Å². The van der Waals surface area contributed by atoms with Crippen LogP contribution < -0.4 is 5.32 Å². The molecule has 0 aromatic heterocycles. The molecular formula is C12H14BrClN2O3. The Balaban J connectivity index is 1.91. The minimum atomic E-state index is -0.788. The van der Waals surface area contributed by atoms with Gasteiger partial charge in [-0.2, -0.15) is 0 Å². The van der Waals surface area contributed by atoms with Gasteiger partial charge in [-0.25, -0.2) is 0 Å². The van der Waals surface area contributed by atoms with Crippen LogP contribution in [-0.2, 0) is 4.79 Å². The molecule has 5 nitrogen and oxygen atoms in total. The molecule has 0 bridgehead atoms. The van der Waals surface area contributed by atoms with Crippen molar-refractivity contribution in [1.82, 2.24) is 4.90 Å². The van der Waals surface area contributed by atoms with E-state index in [1.165, 1.54) is 0 Å². The maximum atomic E-state index is 11.8. The average molecular weight is 350 g/mol. The van der Waals surface area contributed by atoms with E-state index in [1.807, 2.05) is 0 Å². The fraction of sp³-hybridized carbons (Fsp3) is 0.417. The summed E-state index contributed by atoms with van der Waals surface area (Å²) >= 11 is 9.28. The van der Waals surface area contributed by atoms with Crippen LogP contribution in [0.3, 0.4) is 0 Å². The molecule has 0 radical (unpaired) electrons. The number of hydrogen-bond acceptors (Lipinski definition) is 4. The predicted octanol–water partition coefficient (Wildman–Crippen LogP) is 1.08. The van der Waals surface area contributed by atoms with Gasteiger partial charge in [0, 0.05) is 17.6 Å². The molecule has 3 N–H and O–H groups in total. The van der Waals surface area contributed by atoms with Crippen molar-refractivity contribution in [2.75, 3.05) is 25.0 Å². The van der Waals surface area contributed by atoms with Gasteiger partial charge in [-0.05, 0) is 18.2 Å². The molecule has 104 valence electrons. The quantitative estimate of drug-likeness (QED) is 0.763. The number of aliphatic hydroxyl groups excluding tert-OH is 2. The molecule has 19 heavy (non-hydrogen) atoms. The van der Waals surface area contributed by atoms with Gasteiger partial charge in [0.05, 0.1) is 29.5 Å². The SMILES string of the molecule is O=C(CN1C[C@@H](O)[C@@H](O)C1)Nc1ccc(Br)cc1Cl. The molecular weight excluding hydrogens is 336 g/mol. The van der Waals surface area contributed by atoms with Crippen LogP contribution in [0.2, 0.25) is 5.02 Å². The lowest BCUT2D eigenvalue weighted by Crippen LogP contribution is -2.32. The Morgan fingerprint density at radius 3 is 2.63 bits per heavy atom. The number of carbonyl (C=O) groups is 1. The van der Waals surface area contributed by atoms with Crippen LogP contribution in [0.25, 0.3) is 0 Å². The highest BCUT2D eigenvalue weighted by atomic mass is 79.9. The molecule has 2 rings (SSSR count). The van der Waals surface area contributed by atoms with Crippen LogP contribution in [0.4, 0.5) is 5.69 Å². The van der Waals surface area contributed by atoms with Crippen LogP contribution in [0.15, 0.2) is 22.7 Å².